The molecule has 2 aromatic rings. The van der Waals surface area contributed by atoms with Crippen molar-refractivity contribution in [3.63, 3.8) is 0 Å². The first-order chi connectivity index (χ1) is 11.7. The molecule has 1 aliphatic carbocycles. The third-order valence-corrected chi connectivity index (χ3v) is 4.71. The normalized spacial score (nSPS) is 17.1. The number of amides is 2. The Hall–Kier alpha value is -2.30. The summed E-state index contributed by atoms with van der Waals surface area (Å²) in [7, 11) is 0. The van der Waals surface area contributed by atoms with Gasteiger partial charge in [-0.25, -0.2) is 9.48 Å². The van der Waals surface area contributed by atoms with Crippen molar-refractivity contribution >= 4 is 6.03 Å². The first kappa shape index (κ1) is 17.5. The third-order valence-electron chi connectivity index (χ3n) is 4.71. The molecule has 1 atom stereocenters. The van der Waals surface area contributed by atoms with Gasteiger partial charge in [-0.2, -0.15) is 5.10 Å². The van der Waals surface area contributed by atoms with E-state index in [1.165, 1.54) is 16.8 Å². The van der Waals surface area contributed by atoms with Crippen LogP contribution in [0, 0.1) is 13.8 Å². The van der Waals surface area contributed by atoms with E-state index in [-0.39, 0.29) is 17.6 Å². The Balaban J connectivity index is 1.85. The van der Waals surface area contributed by atoms with E-state index in [1.54, 1.807) is 0 Å². The molecule has 5 heteroatoms. The molecule has 0 bridgehead atoms. The molecular weight excluding hydrogens is 312 g/mol. The smallest absolute Gasteiger partial charge is 0.315 e. The lowest BCUT2D eigenvalue weighted by Gasteiger charge is -2.27. The van der Waals surface area contributed by atoms with Crippen LogP contribution in [0.5, 0.6) is 0 Å². The van der Waals surface area contributed by atoms with Crippen molar-refractivity contribution < 1.29 is 4.79 Å². The summed E-state index contributed by atoms with van der Waals surface area (Å²) in [5, 5.41) is 10.7. The van der Waals surface area contributed by atoms with E-state index in [4.69, 9.17) is 0 Å². The Labute approximate surface area is 149 Å². The molecule has 25 heavy (non-hydrogen) atoms. The number of carbonyl (C=O) groups excluding carboxylic acids is 1. The molecule has 1 aromatic carbocycles. The summed E-state index contributed by atoms with van der Waals surface area (Å²) in [5.74, 6) is 0. The minimum absolute atomic E-state index is 0.0198. The Morgan fingerprint density at radius 2 is 2.00 bits per heavy atom. The maximum atomic E-state index is 12.2. The standard InChI is InChI=1S/C20H28N4O/c1-13-9-10-15(11-14(13)2)24-18-8-6-7-17(16(18)12-21-24)22-19(25)23-20(3,4)5/h9-12,17H,6-8H2,1-5H3,(H2,22,23,25). The number of hydrogen-bond donors (Lipinski definition) is 2. The minimum Gasteiger partial charge on any atom is -0.334 e. The fourth-order valence-electron chi connectivity index (χ4n) is 3.32. The zero-order chi connectivity index (χ0) is 18.2. The average Bonchev–Trinajstić information content (AvgIpc) is 2.93. The van der Waals surface area contributed by atoms with Gasteiger partial charge in [-0.05, 0) is 77.1 Å². The highest BCUT2D eigenvalue weighted by Crippen LogP contribution is 2.31. The number of aromatic nitrogens is 2. The van der Waals surface area contributed by atoms with Gasteiger partial charge < -0.3 is 10.6 Å². The summed E-state index contributed by atoms with van der Waals surface area (Å²) in [6.45, 7) is 10.2. The number of nitrogens with zero attached hydrogens (tertiary/aromatic N) is 2. The molecular formula is C20H28N4O. The maximum absolute atomic E-state index is 12.2. The zero-order valence-corrected chi connectivity index (χ0v) is 15.8. The van der Waals surface area contributed by atoms with E-state index in [0.717, 1.165) is 30.5 Å². The highest BCUT2D eigenvalue weighted by Gasteiger charge is 2.27. The fraction of sp³-hybridized carbons (Fsp3) is 0.500. The van der Waals surface area contributed by atoms with E-state index in [2.05, 4.69) is 47.8 Å². The zero-order valence-electron chi connectivity index (χ0n) is 15.8. The molecule has 2 N–H and O–H groups in total. The Morgan fingerprint density at radius 1 is 1.24 bits per heavy atom. The number of aryl methyl sites for hydroxylation is 2. The topological polar surface area (TPSA) is 59.0 Å². The molecule has 0 spiro atoms. The second-order valence-corrected chi connectivity index (χ2v) is 8.02. The molecule has 5 nitrogen and oxygen atoms in total. The Bertz CT molecular complexity index is 785. The predicted octanol–water partition coefficient (Wildman–Crippen LogP) is 3.96. The summed E-state index contributed by atoms with van der Waals surface area (Å²) in [6.07, 6.45) is 4.89. The number of urea groups is 1. The summed E-state index contributed by atoms with van der Waals surface area (Å²) in [5.41, 5.74) is 5.72. The number of fused-ring (bicyclic) bond motifs is 1. The van der Waals surface area contributed by atoms with Crippen LogP contribution in [0.25, 0.3) is 5.69 Å². The third kappa shape index (κ3) is 3.86. The molecule has 2 amide bonds. The quantitative estimate of drug-likeness (QED) is 0.869. The molecule has 0 saturated heterocycles. The van der Waals surface area contributed by atoms with Crippen LogP contribution in [0.3, 0.4) is 0 Å². The van der Waals surface area contributed by atoms with Crippen molar-refractivity contribution in [2.24, 2.45) is 0 Å². The summed E-state index contributed by atoms with van der Waals surface area (Å²) >= 11 is 0. The van der Waals surface area contributed by atoms with Gasteiger partial charge in [0.15, 0.2) is 0 Å². The van der Waals surface area contributed by atoms with Gasteiger partial charge in [-0.1, -0.05) is 6.07 Å². The van der Waals surface area contributed by atoms with E-state index >= 15 is 0 Å². The summed E-state index contributed by atoms with van der Waals surface area (Å²) < 4.78 is 2.03. The average molecular weight is 340 g/mol. The number of hydrogen-bond acceptors (Lipinski definition) is 2. The van der Waals surface area contributed by atoms with Gasteiger partial charge in [0, 0.05) is 16.8 Å². The van der Waals surface area contributed by atoms with Crippen LogP contribution < -0.4 is 10.6 Å². The van der Waals surface area contributed by atoms with Crippen molar-refractivity contribution in [1.29, 1.82) is 0 Å². The lowest BCUT2D eigenvalue weighted by atomic mass is 9.93. The van der Waals surface area contributed by atoms with Crippen molar-refractivity contribution in [1.82, 2.24) is 20.4 Å². The minimum atomic E-state index is -0.245. The largest absolute Gasteiger partial charge is 0.334 e. The Morgan fingerprint density at radius 3 is 2.68 bits per heavy atom. The Kier molecular flexibility index (Phi) is 4.58. The van der Waals surface area contributed by atoms with Crippen LogP contribution in [0.4, 0.5) is 4.79 Å². The monoisotopic (exact) mass is 340 g/mol. The molecule has 3 rings (SSSR count). The van der Waals surface area contributed by atoms with Gasteiger partial charge >= 0.3 is 6.03 Å². The van der Waals surface area contributed by atoms with Crippen LogP contribution in [0.2, 0.25) is 0 Å². The van der Waals surface area contributed by atoms with E-state index < -0.39 is 0 Å². The van der Waals surface area contributed by atoms with E-state index in [9.17, 15) is 4.79 Å². The molecule has 1 unspecified atom stereocenters. The first-order valence-electron chi connectivity index (χ1n) is 8.98. The van der Waals surface area contributed by atoms with E-state index in [1.807, 2.05) is 31.6 Å². The molecule has 0 radical (unpaired) electrons. The van der Waals surface area contributed by atoms with Crippen molar-refractivity contribution in [3.05, 3.63) is 46.8 Å². The second-order valence-electron chi connectivity index (χ2n) is 8.02. The molecule has 0 saturated carbocycles. The van der Waals surface area contributed by atoms with E-state index in [0.29, 0.717) is 0 Å². The van der Waals surface area contributed by atoms with Crippen LogP contribution in [-0.4, -0.2) is 21.4 Å². The van der Waals surface area contributed by atoms with Gasteiger partial charge in [-0.3, -0.25) is 0 Å². The second kappa shape index (κ2) is 6.54. The number of carbonyl (C=O) groups is 1. The molecule has 0 aliphatic heterocycles. The van der Waals surface area contributed by atoms with Gasteiger partial charge in [-0.15, -0.1) is 0 Å². The number of nitrogens with one attached hydrogen (secondary N) is 2. The van der Waals surface area contributed by atoms with Crippen LogP contribution in [0.15, 0.2) is 24.4 Å². The lowest BCUT2D eigenvalue weighted by Crippen LogP contribution is -2.47. The van der Waals surface area contributed by atoms with Crippen molar-refractivity contribution in [3.8, 4) is 5.69 Å². The van der Waals surface area contributed by atoms with Crippen LogP contribution in [-0.2, 0) is 6.42 Å². The number of benzene rings is 1. The summed E-state index contributed by atoms with van der Waals surface area (Å²) in [6, 6.07) is 6.31. The number of rotatable bonds is 2. The molecule has 1 heterocycles. The molecule has 1 aliphatic rings. The first-order valence-corrected chi connectivity index (χ1v) is 8.98. The summed E-state index contributed by atoms with van der Waals surface area (Å²) in [4.78, 5) is 12.2. The van der Waals surface area contributed by atoms with Crippen LogP contribution >= 0.6 is 0 Å². The van der Waals surface area contributed by atoms with Gasteiger partial charge in [0.25, 0.3) is 0 Å². The predicted molar refractivity (Wildman–Crippen MR) is 100 cm³/mol. The van der Waals surface area contributed by atoms with Crippen molar-refractivity contribution in [2.75, 3.05) is 0 Å². The van der Waals surface area contributed by atoms with Gasteiger partial charge in [0.1, 0.15) is 0 Å². The highest BCUT2D eigenvalue weighted by atomic mass is 16.2. The van der Waals surface area contributed by atoms with Gasteiger partial charge in [0.2, 0.25) is 0 Å². The SMILES string of the molecule is Cc1ccc(-n2ncc3c2CCCC3NC(=O)NC(C)(C)C)cc1C. The maximum Gasteiger partial charge on any atom is 0.315 e. The highest BCUT2D eigenvalue weighted by molar-refractivity contribution is 5.75. The van der Waals surface area contributed by atoms with Crippen LogP contribution in [0.1, 0.15) is 62.0 Å². The van der Waals surface area contributed by atoms with Crippen molar-refractivity contribution in [2.45, 2.75) is 65.5 Å². The molecule has 0 fully saturated rings. The van der Waals surface area contributed by atoms with Gasteiger partial charge in [0.05, 0.1) is 17.9 Å². The molecule has 134 valence electrons. The molecule has 1 aromatic heterocycles. The lowest BCUT2D eigenvalue weighted by molar-refractivity contribution is 0.226. The fourth-order valence-corrected chi connectivity index (χ4v) is 3.32.